The number of aliphatic hydroxyl groups is 1. The third kappa shape index (κ3) is 9.34. The lowest BCUT2D eigenvalue weighted by Crippen LogP contribution is -2.60. The fourth-order valence-electron chi connectivity index (χ4n) is 2.39. The highest BCUT2D eigenvalue weighted by atomic mass is 16.4. The Morgan fingerprint density at radius 3 is 1.93 bits per heavy atom. The van der Waals surface area contributed by atoms with Crippen LogP contribution in [0.4, 0.5) is 0 Å². The van der Waals surface area contributed by atoms with E-state index in [0.29, 0.717) is 6.42 Å². The molecule has 12 heteroatoms. The molecule has 0 fully saturated rings. The highest BCUT2D eigenvalue weighted by molar-refractivity contribution is 5.94. The van der Waals surface area contributed by atoms with Crippen molar-refractivity contribution in [1.82, 2.24) is 16.0 Å². The van der Waals surface area contributed by atoms with E-state index in [1.54, 1.807) is 13.8 Å². The Hall–Kier alpha value is -2.73. The van der Waals surface area contributed by atoms with Gasteiger partial charge in [0.1, 0.15) is 18.1 Å². The number of rotatable bonds is 13. The number of nitrogens with two attached hydrogens (primary N) is 2. The van der Waals surface area contributed by atoms with Gasteiger partial charge in [0, 0.05) is 6.42 Å². The molecule has 0 aliphatic rings. The van der Waals surface area contributed by atoms with Gasteiger partial charge in [0.2, 0.25) is 23.6 Å². The molecule has 4 amide bonds. The summed E-state index contributed by atoms with van der Waals surface area (Å²) in [7, 11) is 0. The average Bonchev–Trinajstić information content (AvgIpc) is 2.65. The molecule has 0 aromatic rings. The van der Waals surface area contributed by atoms with E-state index in [4.69, 9.17) is 11.5 Å². The van der Waals surface area contributed by atoms with E-state index in [0.717, 1.165) is 0 Å². The number of hydrogen-bond acceptors (Lipinski definition) is 7. The zero-order chi connectivity index (χ0) is 22.7. The summed E-state index contributed by atoms with van der Waals surface area (Å²) in [5.41, 5.74) is 10.3. The number of primary amides is 1. The minimum absolute atomic E-state index is 0.147. The number of amides is 4. The smallest absolute Gasteiger partial charge is 0.326 e. The van der Waals surface area contributed by atoms with Crippen LogP contribution in [-0.2, 0) is 24.0 Å². The van der Waals surface area contributed by atoms with Gasteiger partial charge in [-0.05, 0) is 19.3 Å². The predicted molar refractivity (Wildman–Crippen MR) is 102 cm³/mol. The molecule has 0 aromatic carbocycles. The van der Waals surface area contributed by atoms with Crippen LogP contribution in [0.2, 0.25) is 0 Å². The number of carbonyl (C=O) groups is 5. The van der Waals surface area contributed by atoms with E-state index in [-0.39, 0.29) is 12.8 Å². The maximum Gasteiger partial charge on any atom is 0.326 e. The summed E-state index contributed by atoms with van der Waals surface area (Å²) in [6.45, 7) is 4.22. The van der Waals surface area contributed by atoms with Crippen LogP contribution in [0, 0.1) is 5.92 Å². The van der Waals surface area contributed by atoms with Crippen LogP contribution in [0.1, 0.15) is 40.0 Å². The molecular formula is C17H31N5O7. The molecule has 0 aliphatic heterocycles. The summed E-state index contributed by atoms with van der Waals surface area (Å²) < 4.78 is 0. The quantitative estimate of drug-likeness (QED) is 0.165. The maximum atomic E-state index is 12.5. The Balaban J connectivity index is 5.36. The van der Waals surface area contributed by atoms with Crippen molar-refractivity contribution in [2.75, 3.05) is 6.54 Å². The molecule has 0 saturated heterocycles. The molecule has 0 radical (unpaired) electrons. The monoisotopic (exact) mass is 417 g/mol. The zero-order valence-electron chi connectivity index (χ0n) is 16.8. The van der Waals surface area contributed by atoms with E-state index in [9.17, 15) is 34.2 Å². The van der Waals surface area contributed by atoms with Gasteiger partial charge in [-0.2, -0.15) is 0 Å². The third-order valence-corrected chi connectivity index (χ3v) is 4.36. The van der Waals surface area contributed by atoms with E-state index in [1.807, 2.05) is 0 Å². The van der Waals surface area contributed by atoms with Crippen LogP contribution >= 0.6 is 0 Å². The Labute approximate surface area is 168 Å². The number of nitrogens with one attached hydrogen (secondary N) is 3. The molecule has 0 saturated carbocycles. The number of aliphatic carboxylic acids is 1. The zero-order valence-corrected chi connectivity index (χ0v) is 16.8. The summed E-state index contributed by atoms with van der Waals surface area (Å²) in [5, 5.41) is 26.1. The van der Waals surface area contributed by atoms with Crippen LogP contribution < -0.4 is 27.4 Å². The number of carboxylic acids is 1. The largest absolute Gasteiger partial charge is 0.480 e. The van der Waals surface area contributed by atoms with Gasteiger partial charge in [0.05, 0.1) is 12.6 Å². The summed E-state index contributed by atoms with van der Waals surface area (Å²) in [6, 6.07) is -3.93. The summed E-state index contributed by atoms with van der Waals surface area (Å²) in [6.07, 6.45) is -1.26. The fraction of sp³-hybridized carbons (Fsp3) is 0.706. The van der Waals surface area contributed by atoms with Crippen molar-refractivity contribution >= 4 is 29.6 Å². The van der Waals surface area contributed by atoms with Crippen molar-refractivity contribution in [2.45, 2.75) is 64.3 Å². The van der Waals surface area contributed by atoms with E-state index in [1.165, 1.54) is 6.92 Å². The van der Waals surface area contributed by atoms with Crippen LogP contribution in [0.15, 0.2) is 0 Å². The molecule has 0 aliphatic carbocycles. The summed E-state index contributed by atoms with van der Waals surface area (Å²) >= 11 is 0. The lowest BCUT2D eigenvalue weighted by atomic mass is 9.98. The predicted octanol–water partition coefficient (Wildman–Crippen LogP) is -2.82. The Morgan fingerprint density at radius 1 is 0.966 bits per heavy atom. The first-order chi connectivity index (χ1) is 13.4. The van der Waals surface area contributed by atoms with Crippen molar-refractivity contribution in [3.63, 3.8) is 0 Å². The summed E-state index contributed by atoms with van der Waals surface area (Å²) in [5.74, 6) is -4.78. The number of hydrogen-bond donors (Lipinski definition) is 7. The van der Waals surface area contributed by atoms with Crippen molar-refractivity contribution in [3.8, 4) is 0 Å². The van der Waals surface area contributed by atoms with Gasteiger partial charge >= 0.3 is 5.97 Å². The molecule has 0 aromatic heterocycles. The molecule has 166 valence electrons. The lowest BCUT2D eigenvalue weighted by molar-refractivity contribution is -0.144. The lowest BCUT2D eigenvalue weighted by Gasteiger charge is -2.27. The van der Waals surface area contributed by atoms with Crippen LogP contribution in [-0.4, -0.2) is 70.6 Å². The van der Waals surface area contributed by atoms with Gasteiger partial charge < -0.3 is 37.6 Å². The second-order valence-electron chi connectivity index (χ2n) is 6.77. The minimum atomic E-state index is -1.49. The van der Waals surface area contributed by atoms with Crippen LogP contribution in [0.3, 0.4) is 0 Å². The number of carboxylic acid groups (broad SMARTS) is 1. The second-order valence-corrected chi connectivity index (χ2v) is 6.77. The van der Waals surface area contributed by atoms with Gasteiger partial charge in [-0.3, -0.25) is 19.2 Å². The minimum Gasteiger partial charge on any atom is -0.480 e. The fourth-order valence-corrected chi connectivity index (χ4v) is 2.39. The van der Waals surface area contributed by atoms with Gasteiger partial charge in [0.25, 0.3) is 0 Å². The van der Waals surface area contributed by atoms with Crippen molar-refractivity contribution in [2.24, 2.45) is 17.4 Å². The number of carbonyl (C=O) groups excluding carboxylic acids is 4. The average molecular weight is 417 g/mol. The number of aliphatic hydroxyl groups excluding tert-OH is 1. The first-order valence-corrected chi connectivity index (χ1v) is 9.23. The maximum absolute atomic E-state index is 12.5. The van der Waals surface area contributed by atoms with Crippen molar-refractivity contribution in [3.05, 3.63) is 0 Å². The first kappa shape index (κ1) is 26.3. The SMILES string of the molecule is CCC(C)C(NC(=O)C(NC(=O)C(CCC(N)=O)NC(=O)CN)C(C)O)C(=O)O. The molecule has 29 heavy (non-hydrogen) atoms. The van der Waals surface area contributed by atoms with Gasteiger partial charge in [-0.25, -0.2) is 4.79 Å². The highest BCUT2D eigenvalue weighted by Gasteiger charge is 2.33. The molecule has 0 spiro atoms. The normalized spacial score (nSPS) is 15.9. The molecule has 0 heterocycles. The summed E-state index contributed by atoms with van der Waals surface area (Å²) in [4.78, 5) is 58.9. The standard InChI is InChI=1S/C17H31N5O7/c1-4-8(2)13(17(28)29)21-16(27)14(9(3)23)22-15(26)10(5-6-11(19)24)20-12(25)7-18/h8-10,13-14,23H,4-7,18H2,1-3H3,(H2,19,24)(H,20,25)(H,21,27)(H,22,26)(H,28,29). The Bertz CT molecular complexity index is 611. The second kappa shape index (κ2) is 12.7. The van der Waals surface area contributed by atoms with E-state index >= 15 is 0 Å². The topological polar surface area (TPSA) is 214 Å². The van der Waals surface area contributed by atoms with Gasteiger partial charge in [0.15, 0.2) is 0 Å². The van der Waals surface area contributed by atoms with Crippen LogP contribution in [0.25, 0.3) is 0 Å². The van der Waals surface area contributed by atoms with Gasteiger partial charge in [-0.15, -0.1) is 0 Å². The molecule has 5 unspecified atom stereocenters. The highest BCUT2D eigenvalue weighted by Crippen LogP contribution is 2.09. The van der Waals surface area contributed by atoms with Crippen LogP contribution in [0.5, 0.6) is 0 Å². The Kier molecular flexibility index (Phi) is 11.5. The first-order valence-electron chi connectivity index (χ1n) is 9.23. The van der Waals surface area contributed by atoms with E-state index < -0.39 is 66.3 Å². The molecular weight excluding hydrogens is 386 g/mol. The van der Waals surface area contributed by atoms with Crippen molar-refractivity contribution in [1.29, 1.82) is 0 Å². The third-order valence-electron chi connectivity index (χ3n) is 4.36. The van der Waals surface area contributed by atoms with Crippen molar-refractivity contribution < 1.29 is 34.2 Å². The molecule has 0 rings (SSSR count). The Morgan fingerprint density at radius 2 is 1.52 bits per heavy atom. The molecule has 9 N–H and O–H groups in total. The molecule has 5 atom stereocenters. The molecule has 0 bridgehead atoms. The van der Waals surface area contributed by atoms with Gasteiger partial charge in [-0.1, -0.05) is 20.3 Å². The molecule has 12 nitrogen and oxygen atoms in total. The van der Waals surface area contributed by atoms with E-state index in [2.05, 4.69) is 16.0 Å².